The highest BCUT2D eigenvalue weighted by molar-refractivity contribution is 5.93. The molecule has 3 heterocycles. The first-order valence-electron chi connectivity index (χ1n) is 24.8. The Labute approximate surface area is 418 Å². The van der Waals surface area contributed by atoms with Crippen molar-refractivity contribution in [2.45, 2.75) is 142 Å². The summed E-state index contributed by atoms with van der Waals surface area (Å²) in [6.07, 6.45) is 4.62. The molecule has 0 bridgehead atoms. The molecule has 4 rings (SSSR count). The van der Waals surface area contributed by atoms with Crippen LogP contribution >= 0.6 is 0 Å². The third-order valence-corrected chi connectivity index (χ3v) is 13.5. The normalized spacial score (nSPS) is 18.5. The number of nitrogens with one attached hydrogen (secondary N) is 4. The molecule has 1 aromatic heterocycles. The van der Waals surface area contributed by atoms with Crippen molar-refractivity contribution >= 4 is 47.4 Å². The number of methoxy groups -OCH3 is 2. The smallest absolute Gasteiger partial charge is 0.326 e. The number of likely N-dealkylation sites (N-methyl/N-ethyl adjacent to an activating group) is 1. The summed E-state index contributed by atoms with van der Waals surface area (Å²) in [5.41, 5.74) is 1.32. The van der Waals surface area contributed by atoms with E-state index in [0.717, 1.165) is 5.56 Å². The molecule has 20 heteroatoms. The first kappa shape index (κ1) is 57.6. The molecule has 0 spiro atoms. The fourth-order valence-electron chi connectivity index (χ4n) is 9.32. The van der Waals surface area contributed by atoms with Gasteiger partial charge in [-0.15, -0.1) is 0 Å². The monoisotopic (exact) mass is 992 g/mol. The van der Waals surface area contributed by atoms with Gasteiger partial charge in [-0.25, -0.2) is 14.8 Å². The molecule has 0 saturated carbocycles. The number of hydrogen-bond donors (Lipinski definition) is 6. The second-order valence-electron chi connectivity index (χ2n) is 19.0. The summed E-state index contributed by atoms with van der Waals surface area (Å²) in [5, 5.41) is 31.2. The Balaban J connectivity index is 1.36. The number of aryl methyl sites for hydroxylation is 1. The predicted molar refractivity (Wildman–Crippen MR) is 266 cm³/mol. The van der Waals surface area contributed by atoms with Gasteiger partial charge in [0.1, 0.15) is 24.0 Å². The summed E-state index contributed by atoms with van der Waals surface area (Å²) >= 11 is 0. The van der Waals surface area contributed by atoms with Crippen LogP contribution in [0.2, 0.25) is 0 Å². The quantitative estimate of drug-likeness (QED) is 0.0641. The number of unbranched alkanes of at least 4 members (excludes halogenated alkanes) is 2. The highest BCUT2D eigenvalue weighted by Gasteiger charge is 2.43. The van der Waals surface area contributed by atoms with Gasteiger partial charge < -0.3 is 55.7 Å². The van der Waals surface area contributed by atoms with Crippen LogP contribution in [0.4, 0.5) is 5.95 Å². The van der Waals surface area contributed by atoms with E-state index in [-0.39, 0.29) is 79.5 Å². The van der Waals surface area contributed by atoms with Crippen LogP contribution in [0.1, 0.15) is 108 Å². The molecule has 6 N–H and O–H groups in total. The minimum absolute atomic E-state index is 0.0641. The largest absolute Gasteiger partial charge is 0.480 e. The van der Waals surface area contributed by atoms with Crippen molar-refractivity contribution in [1.82, 2.24) is 40.6 Å². The van der Waals surface area contributed by atoms with Crippen LogP contribution in [-0.2, 0) is 44.7 Å². The number of anilines is 1. The first-order valence-corrected chi connectivity index (χ1v) is 24.8. The molecule has 1 fully saturated rings. The van der Waals surface area contributed by atoms with Gasteiger partial charge >= 0.3 is 5.97 Å². The van der Waals surface area contributed by atoms with Gasteiger partial charge in [0.25, 0.3) is 5.91 Å². The van der Waals surface area contributed by atoms with Crippen LogP contribution in [0, 0.1) is 24.7 Å². The number of aromatic nitrogens is 2. The zero-order chi connectivity index (χ0) is 52.4. The Morgan fingerprint density at radius 3 is 2.28 bits per heavy atom. The van der Waals surface area contributed by atoms with Gasteiger partial charge in [-0.1, -0.05) is 77.8 Å². The molecule has 2 aromatic rings. The Bertz CT molecular complexity index is 2140. The number of hydrogen-bond acceptors (Lipinski definition) is 13. The number of carbonyl (C=O) groups is 7. The molecule has 2 aliphatic rings. The summed E-state index contributed by atoms with van der Waals surface area (Å²) in [6, 6.07) is 7.55. The fraction of sp³-hybridized carbons (Fsp3) is 0.627. The number of aliphatic hydroxyl groups excluding tert-OH is 1. The molecular formula is C51H77N9O11. The number of carboxylic acids is 1. The fourth-order valence-corrected chi connectivity index (χ4v) is 9.32. The third kappa shape index (κ3) is 16.5. The second kappa shape index (κ2) is 28.2. The highest BCUT2D eigenvalue weighted by Crippen LogP contribution is 2.30. The molecular weight excluding hydrogens is 915 g/mol. The zero-order valence-corrected chi connectivity index (χ0v) is 42.9. The van der Waals surface area contributed by atoms with E-state index in [4.69, 9.17) is 9.47 Å². The Morgan fingerprint density at radius 2 is 1.66 bits per heavy atom. The van der Waals surface area contributed by atoms with E-state index in [0.29, 0.717) is 57.3 Å². The van der Waals surface area contributed by atoms with Crippen LogP contribution in [0.25, 0.3) is 0 Å². The maximum Gasteiger partial charge on any atom is 0.326 e. The van der Waals surface area contributed by atoms with Crippen LogP contribution in [-0.4, -0.2) is 166 Å². The van der Waals surface area contributed by atoms with E-state index in [2.05, 4.69) is 31.2 Å². The van der Waals surface area contributed by atoms with E-state index >= 15 is 0 Å². The number of benzene rings is 1. The number of carbonyl (C=O) groups excluding carboxylic acids is 6. The van der Waals surface area contributed by atoms with Gasteiger partial charge in [0.15, 0.2) is 0 Å². The van der Waals surface area contributed by atoms with Crippen molar-refractivity contribution in [2.75, 3.05) is 52.8 Å². The minimum Gasteiger partial charge on any atom is -0.480 e. The van der Waals surface area contributed by atoms with Gasteiger partial charge in [-0.05, 0) is 62.1 Å². The molecule has 71 heavy (non-hydrogen) atoms. The van der Waals surface area contributed by atoms with Crippen molar-refractivity contribution in [3.05, 3.63) is 65.5 Å². The molecule has 392 valence electrons. The molecule has 0 aliphatic carbocycles. The van der Waals surface area contributed by atoms with Crippen LogP contribution in [0.15, 0.2) is 48.6 Å². The van der Waals surface area contributed by atoms with Crippen LogP contribution in [0.5, 0.6) is 0 Å². The Morgan fingerprint density at radius 1 is 0.958 bits per heavy atom. The molecule has 2 aliphatic heterocycles. The van der Waals surface area contributed by atoms with E-state index in [1.807, 2.05) is 33.8 Å². The topological polar surface area (TPSA) is 262 Å². The Kier molecular flexibility index (Phi) is 22.8. The van der Waals surface area contributed by atoms with E-state index in [1.54, 1.807) is 55.0 Å². The lowest BCUT2D eigenvalue weighted by atomic mass is 9.89. The average molecular weight is 992 g/mol. The van der Waals surface area contributed by atoms with E-state index in [9.17, 15) is 43.8 Å². The number of carboxylic acid groups (broad SMARTS) is 1. The van der Waals surface area contributed by atoms with Crippen molar-refractivity contribution < 1.29 is 53.2 Å². The number of amides is 6. The second-order valence-corrected chi connectivity index (χ2v) is 19.0. The van der Waals surface area contributed by atoms with Gasteiger partial charge in [-0.2, -0.15) is 0 Å². The first-order chi connectivity index (χ1) is 33.8. The SMILES string of the molecule is CC[C@H](C)[C@@H]([C@@H](CC(=O)N1CCC[C@H]1[C@H](OC)[C@@H](C)C(=O)N[C@@H](Cc1ccccc1)C(=O)O)OC)N(C)C(=O)[C@@H](Nc1nc(C)cc(C(=O)NCCNC(=O)CCCCCN2C(=O)C=CC2O)n1)C(C)C. The molecule has 20 nitrogen and oxygen atoms in total. The number of aliphatic hydroxyl groups is 1. The lowest BCUT2D eigenvalue weighted by Gasteiger charge is -2.40. The highest BCUT2D eigenvalue weighted by atomic mass is 16.5. The van der Waals surface area contributed by atoms with E-state index < -0.39 is 66.3 Å². The summed E-state index contributed by atoms with van der Waals surface area (Å²) < 4.78 is 11.9. The number of ether oxygens (including phenoxy) is 2. The summed E-state index contributed by atoms with van der Waals surface area (Å²) in [6.45, 7) is 12.3. The number of likely N-dealkylation sites (tertiary alicyclic amines) is 1. The van der Waals surface area contributed by atoms with Crippen molar-refractivity contribution in [3.8, 4) is 0 Å². The minimum atomic E-state index is -1.16. The average Bonchev–Trinajstić information content (AvgIpc) is 3.96. The summed E-state index contributed by atoms with van der Waals surface area (Å²) in [4.78, 5) is 106. The van der Waals surface area contributed by atoms with E-state index in [1.165, 1.54) is 37.3 Å². The zero-order valence-electron chi connectivity index (χ0n) is 42.9. The van der Waals surface area contributed by atoms with Crippen LogP contribution in [0.3, 0.4) is 0 Å². The number of rotatable bonds is 29. The van der Waals surface area contributed by atoms with Crippen molar-refractivity contribution in [1.29, 1.82) is 0 Å². The molecule has 6 amide bonds. The lowest BCUT2D eigenvalue weighted by Crippen LogP contribution is -2.56. The number of nitrogens with zero attached hydrogens (tertiary/aromatic N) is 5. The number of aliphatic carboxylic acids is 1. The third-order valence-electron chi connectivity index (χ3n) is 13.5. The van der Waals surface area contributed by atoms with Gasteiger partial charge in [0.2, 0.25) is 35.5 Å². The lowest BCUT2D eigenvalue weighted by molar-refractivity contribution is -0.147. The standard InChI is InChI=1S/C51H77N9O11/c1-10-32(4)45(39(70-8)30-43(64)59-27-17-20-38(59)46(71-9)34(6)47(65)55-37(50(68)69)29-35-18-13-11-14-19-35)58(7)49(67)44(31(2)3)57-51-54-33(5)28-36(56-51)48(66)53-25-24-52-40(61)21-15-12-16-26-60-41(62)22-23-42(60)63/h11,13-14,18-19,22-23,28,31-32,34,37-39,41,44-46,62H,10,12,15-17,20-21,24-27,29-30H2,1-9H3,(H,52,61)(H,53,66)(H,55,65)(H,68,69)(H,54,56,57)/t32-,34+,37-,38-,39+,41?,44-,45-,46+/m0/s1. The molecule has 1 saturated heterocycles. The molecule has 9 atom stereocenters. The maximum absolute atomic E-state index is 14.6. The Hall–Kier alpha value is -5.99. The van der Waals surface area contributed by atoms with Gasteiger partial charge in [0.05, 0.1) is 36.6 Å². The summed E-state index contributed by atoms with van der Waals surface area (Å²) in [7, 11) is 4.68. The molecule has 1 unspecified atom stereocenters. The summed E-state index contributed by atoms with van der Waals surface area (Å²) in [5.74, 6) is -4.17. The predicted octanol–water partition coefficient (Wildman–Crippen LogP) is 3.08. The van der Waals surface area contributed by atoms with Crippen molar-refractivity contribution in [3.63, 3.8) is 0 Å². The maximum atomic E-state index is 14.6. The van der Waals surface area contributed by atoms with Gasteiger partial charge in [-0.3, -0.25) is 28.8 Å². The molecule has 0 radical (unpaired) electrons. The van der Waals surface area contributed by atoms with Crippen molar-refractivity contribution in [2.24, 2.45) is 17.8 Å². The van der Waals surface area contributed by atoms with Gasteiger partial charge in [0, 0.05) is 72.1 Å². The molecule has 1 aromatic carbocycles. The van der Waals surface area contributed by atoms with Crippen LogP contribution < -0.4 is 21.3 Å².